The summed E-state index contributed by atoms with van der Waals surface area (Å²) in [4.78, 5) is 29.4. The maximum Gasteiger partial charge on any atom is 0.228 e. The zero-order chi connectivity index (χ0) is 21.3. The minimum atomic E-state index is 0.123. The van der Waals surface area contributed by atoms with Crippen LogP contribution < -0.4 is 4.74 Å². The maximum absolute atomic E-state index is 12.5. The van der Waals surface area contributed by atoms with Gasteiger partial charge < -0.3 is 9.64 Å². The fourth-order valence-electron chi connectivity index (χ4n) is 4.54. The summed E-state index contributed by atoms with van der Waals surface area (Å²) >= 11 is 0. The predicted molar refractivity (Wildman–Crippen MR) is 119 cm³/mol. The lowest BCUT2D eigenvalue weighted by Gasteiger charge is -2.34. The lowest BCUT2D eigenvalue weighted by Crippen LogP contribution is -2.48. The highest BCUT2D eigenvalue weighted by Crippen LogP contribution is 2.26. The van der Waals surface area contributed by atoms with Gasteiger partial charge in [-0.3, -0.25) is 19.7 Å². The molecule has 0 atom stereocenters. The fraction of sp³-hybridized carbons (Fsp3) is 0.583. The van der Waals surface area contributed by atoms with E-state index in [1.54, 1.807) is 18.6 Å². The highest BCUT2D eigenvalue weighted by Gasteiger charge is 2.21. The Balaban J connectivity index is 1.19. The standard InChI is InChI=1S/C24H33N5O2/c30-24(17-22-18-25-9-10-26-22)29-13-11-28(12-14-29)19-21-6-8-27-23(16-21)31-15-7-20-4-2-1-3-5-20/h6,8-10,16,18,20H,1-5,7,11-15,17,19H2. The zero-order valence-electron chi connectivity index (χ0n) is 18.3. The first-order valence-corrected chi connectivity index (χ1v) is 11.6. The number of ether oxygens (including phenoxy) is 1. The average molecular weight is 424 g/mol. The van der Waals surface area contributed by atoms with E-state index in [0.29, 0.717) is 6.42 Å². The molecule has 0 radical (unpaired) electrons. The number of aromatic nitrogens is 3. The summed E-state index contributed by atoms with van der Waals surface area (Å²) in [6.07, 6.45) is 15.0. The molecule has 0 N–H and O–H groups in total. The number of hydrogen-bond acceptors (Lipinski definition) is 6. The molecule has 1 amide bonds. The summed E-state index contributed by atoms with van der Waals surface area (Å²) < 4.78 is 5.95. The van der Waals surface area contributed by atoms with Gasteiger partial charge in [-0.15, -0.1) is 0 Å². The Morgan fingerprint density at radius 2 is 1.87 bits per heavy atom. The molecule has 166 valence electrons. The van der Waals surface area contributed by atoms with Gasteiger partial charge in [0, 0.05) is 63.6 Å². The van der Waals surface area contributed by atoms with Crippen LogP contribution in [0.2, 0.25) is 0 Å². The second kappa shape index (κ2) is 11.2. The van der Waals surface area contributed by atoms with Crippen LogP contribution in [-0.4, -0.2) is 63.4 Å². The molecular formula is C24H33N5O2. The van der Waals surface area contributed by atoms with E-state index < -0.39 is 0 Å². The van der Waals surface area contributed by atoms with Crippen molar-refractivity contribution in [3.63, 3.8) is 0 Å². The molecule has 1 aliphatic carbocycles. The van der Waals surface area contributed by atoms with Gasteiger partial charge in [0.2, 0.25) is 11.8 Å². The Morgan fingerprint density at radius 1 is 1.03 bits per heavy atom. The van der Waals surface area contributed by atoms with Crippen LogP contribution in [-0.2, 0) is 17.8 Å². The van der Waals surface area contributed by atoms with Crippen LogP contribution in [0.25, 0.3) is 0 Å². The van der Waals surface area contributed by atoms with E-state index in [9.17, 15) is 4.79 Å². The van der Waals surface area contributed by atoms with Crippen molar-refractivity contribution >= 4 is 5.91 Å². The third-order valence-corrected chi connectivity index (χ3v) is 6.38. The molecule has 2 fully saturated rings. The first kappa shape index (κ1) is 21.7. The van der Waals surface area contributed by atoms with Gasteiger partial charge in [-0.2, -0.15) is 0 Å². The second-order valence-corrected chi connectivity index (χ2v) is 8.67. The first-order valence-electron chi connectivity index (χ1n) is 11.6. The van der Waals surface area contributed by atoms with Crippen LogP contribution >= 0.6 is 0 Å². The van der Waals surface area contributed by atoms with Gasteiger partial charge in [-0.05, 0) is 24.0 Å². The van der Waals surface area contributed by atoms with Gasteiger partial charge in [0.15, 0.2) is 0 Å². The Bertz CT molecular complexity index is 818. The van der Waals surface area contributed by atoms with Crippen molar-refractivity contribution in [2.45, 2.75) is 51.5 Å². The van der Waals surface area contributed by atoms with E-state index in [4.69, 9.17) is 4.74 Å². The Kier molecular flexibility index (Phi) is 7.82. The van der Waals surface area contributed by atoms with E-state index in [1.165, 1.54) is 37.7 Å². The number of pyridine rings is 1. The third-order valence-electron chi connectivity index (χ3n) is 6.38. The molecule has 0 unspecified atom stereocenters. The Morgan fingerprint density at radius 3 is 2.65 bits per heavy atom. The number of carbonyl (C=O) groups is 1. The van der Waals surface area contributed by atoms with Crippen LogP contribution in [0.1, 0.15) is 49.8 Å². The molecule has 0 bridgehead atoms. The van der Waals surface area contributed by atoms with E-state index in [0.717, 1.165) is 63.2 Å². The molecule has 0 aromatic carbocycles. The van der Waals surface area contributed by atoms with Gasteiger partial charge in [0.1, 0.15) is 0 Å². The van der Waals surface area contributed by atoms with E-state index in [2.05, 4.69) is 32.0 Å². The lowest BCUT2D eigenvalue weighted by molar-refractivity contribution is -0.132. The van der Waals surface area contributed by atoms with Gasteiger partial charge in [0.05, 0.1) is 18.7 Å². The van der Waals surface area contributed by atoms with Crippen LogP contribution in [0.15, 0.2) is 36.9 Å². The normalized spacial score (nSPS) is 18.1. The SMILES string of the molecule is O=C(Cc1cnccn1)N1CCN(Cc2ccnc(OCCC3CCCCC3)c2)CC1. The quantitative estimate of drug-likeness (QED) is 0.650. The van der Waals surface area contributed by atoms with E-state index in [-0.39, 0.29) is 5.91 Å². The summed E-state index contributed by atoms with van der Waals surface area (Å²) in [6, 6.07) is 4.12. The van der Waals surface area contributed by atoms with Crippen molar-refractivity contribution in [2.75, 3.05) is 32.8 Å². The number of rotatable bonds is 8. The Hall–Kier alpha value is -2.54. The molecule has 31 heavy (non-hydrogen) atoms. The molecule has 7 nitrogen and oxygen atoms in total. The summed E-state index contributed by atoms with van der Waals surface area (Å²) in [7, 11) is 0. The van der Waals surface area contributed by atoms with Gasteiger partial charge in [-0.25, -0.2) is 4.98 Å². The van der Waals surface area contributed by atoms with E-state index >= 15 is 0 Å². The van der Waals surface area contributed by atoms with Crippen molar-refractivity contribution in [3.05, 3.63) is 48.2 Å². The van der Waals surface area contributed by atoms with Gasteiger partial charge >= 0.3 is 0 Å². The molecule has 7 heteroatoms. The zero-order valence-corrected chi connectivity index (χ0v) is 18.3. The Labute approximate surface area is 184 Å². The molecule has 2 aliphatic rings. The molecule has 1 saturated carbocycles. The summed E-state index contributed by atoms with van der Waals surface area (Å²) in [5.41, 5.74) is 1.93. The number of carbonyl (C=O) groups excluding carboxylic acids is 1. The smallest absolute Gasteiger partial charge is 0.228 e. The van der Waals surface area contributed by atoms with Crippen molar-refractivity contribution in [1.82, 2.24) is 24.8 Å². The molecule has 3 heterocycles. The molecule has 0 spiro atoms. The molecule has 1 saturated heterocycles. The average Bonchev–Trinajstić information content (AvgIpc) is 2.81. The maximum atomic E-state index is 12.5. The van der Waals surface area contributed by atoms with E-state index in [1.807, 2.05) is 11.1 Å². The predicted octanol–water partition coefficient (Wildman–Crippen LogP) is 3.11. The summed E-state index contributed by atoms with van der Waals surface area (Å²) in [6.45, 7) is 4.84. The van der Waals surface area contributed by atoms with Crippen molar-refractivity contribution in [1.29, 1.82) is 0 Å². The first-order chi connectivity index (χ1) is 15.3. The van der Waals surface area contributed by atoms with Crippen molar-refractivity contribution in [2.24, 2.45) is 5.92 Å². The molecule has 2 aromatic heterocycles. The van der Waals surface area contributed by atoms with Crippen LogP contribution in [0.3, 0.4) is 0 Å². The van der Waals surface area contributed by atoms with Crippen LogP contribution in [0.4, 0.5) is 0 Å². The second-order valence-electron chi connectivity index (χ2n) is 8.67. The molecule has 1 aliphatic heterocycles. The molecular weight excluding hydrogens is 390 g/mol. The summed E-state index contributed by atoms with van der Waals surface area (Å²) in [5.74, 6) is 1.67. The molecule has 2 aromatic rings. The van der Waals surface area contributed by atoms with Crippen molar-refractivity contribution in [3.8, 4) is 5.88 Å². The number of amides is 1. The monoisotopic (exact) mass is 423 g/mol. The number of piperazine rings is 1. The highest BCUT2D eigenvalue weighted by molar-refractivity contribution is 5.78. The topological polar surface area (TPSA) is 71.5 Å². The summed E-state index contributed by atoms with van der Waals surface area (Å²) in [5, 5.41) is 0. The van der Waals surface area contributed by atoms with Gasteiger partial charge in [-0.1, -0.05) is 32.1 Å². The number of hydrogen-bond donors (Lipinski definition) is 0. The van der Waals surface area contributed by atoms with Gasteiger partial charge in [0.25, 0.3) is 0 Å². The largest absolute Gasteiger partial charge is 0.478 e. The molecule has 4 rings (SSSR count). The van der Waals surface area contributed by atoms with Crippen LogP contribution in [0, 0.1) is 5.92 Å². The minimum Gasteiger partial charge on any atom is -0.478 e. The highest BCUT2D eigenvalue weighted by atomic mass is 16.5. The third kappa shape index (κ3) is 6.72. The lowest BCUT2D eigenvalue weighted by atomic mass is 9.87. The fourth-order valence-corrected chi connectivity index (χ4v) is 4.54. The van der Waals surface area contributed by atoms with Crippen LogP contribution in [0.5, 0.6) is 5.88 Å². The minimum absolute atomic E-state index is 0.123. The van der Waals surface area contributed by atoms with Crippen molar-refractivity contribution < 1.29 is 9.53 Å². The number of nitrogens with zero attached hydrogens (tertiary/aromatic N) is 5.